The number of azo groups is 1. The number of carbonyl (C=O) groups excluding carboxylic acids is 1. The molecule has 0 unspecified atom stereocenters. The maximum atomic E-state index is 11.4. The summed E-state index contributed by atoms with van der Waals surface area (Å²) in [5, 5.41) is 11.4. The second kappa shape index (κ2) is 7.49. The molecule has 0 bridgehead atoms. The van der Waals surface area contributed by atoms with Crippen LogP contribution in [0.1, 0.15) is 13.8 Å². The van der Waals surface area contributed by atoms with E-state index in [1.807, 2.05) is 73.1 Å². The van der Waals surface area contributed by atoms with E-state index in [1.165, 1.54) is 6.92 Å². The number of anilines is 2. The molecule has 120 valence electrons. The van der Waals surface area contributed by atoms with Crippen molar-refractivity contribution in [2.45, 2.75) is 20.4 Å². The highest BCUT2D eigenvalue weighted by Crippen LogP contribution is 2.30. The van der Waals surface area contributed by atoms with Crippen molar-refractivity contribution in [2.75, 3.05) is 24.3 Å². The number of carbonyl (C=O) groups is 1. The Morgan fingerprint density at radius 3 is 2.65 bits per heavy atom. The number of benzene rings is 1. The second-order valence-corrected chi connectivity index (χ2v) is 5.32. The molecule has 1 N–H and O–H groups in total. The zero-order chi connectivity index (χ0) is 16.8. The minimum absolute atomic E-state index is 0.138. The van der Waals surface area contributed by atoms with Crippen LogP contribution < -0.4 is 14.8 Å². The fraction of sp³-hybridized carbons (Fsp3) is 0.294. The Morgan fingerprint density at radius 1 is 1.22 bits per heavy atom. The number of aromatic nitrogens is 1. The molecular weight excluding hydrogens is 290 g/mol. The van der Waals surface area contributed by atoms with Crippen LogP contribution in [0.2, 0.25) is 0 Å². The lowest BCUT2D eigenvalue weighted by Crippen LogP contribution is -2.31. The van der Waals surface area contributed by atoms with E-state index in [-0.39, 0.29) is 5.91 Å². The Hall–Kier alpha value is -2.76. The molecular formula is C17H22N5O+. The predicted molar refractivity (Wildman–Crippen MR) is 91.6 cm³/mol. The third kappa shape index (κ3) is 4.35. The van der Waals surface area contributed by atoms with Crippen molar-refractivity contribution in [3.8, 4) is 0 Å². The lowest BCUT2D eigenvalue weighted by atomic mass is 10.2. The molecule has 1 heterocycles. The van der Waals surface area contributed by atoms with Crippen LogP contribution in [0.25, 0.3) is 0 Å². The van der Waals surface area contributed by atoms with Crippen LogP contribution in [0.15, 0.2) is 52.8 Å². The van der Waals surface area contributed by atoms with Gasteiger partial charge in [0, 0.05) is 32.8 Å². The third-order valence-corrected chi connectivity index (χ3v) is 3.32. The highest BCUT2D eigenvalue weighted by molar-refractivity contribution is 5.92. The van der Waals surface area contributed by atoms with E-state index < -0.39 is 0 Å². The summed E-state index contributed by atoms with van der Waals surface area (Å²) in [4.78, 5) is 13.4. The number of nitrogens with zero attached hydrogens (tertiary/aromatic N) is 4. The molecule has 0 aliphatic heterocycles. The van der Waals surface area contributed by atoms with Crippen molar-refractivity contribution in [1.29, 1.82) is 0 Å². The topological polar surface area (TPSA) is 60.9 Å². The minimum atomic E-state index is -0.138. The smallest absolute Gasteiger partial charge is 0.350 e. The minimum Gasteiger partial charge on any atom is -0.378 e. The van der Waals surface area contributed by atoms with E-state index in [0.29, 0.717) is 11.4 Å². The number of amides is 1. The first kappa shape index (κ1) is 16.6. The summed E-state index contributed by atoms with van der Waals surface area (Å²) in [6.07, 6.45) is 1.96. The second-order valence-electron chi connectivity index (χ2n) is 5.32. The fourth-order valence-corrected chi connectivity index (χ4v) is 2.11. The summed E-state index contributed by atoms with van der Waals surface area (Å²) in [7, 11) is 3.89. The van der Waals surface area contributed by atoms with Crippen LogP contribution in [0.4, 0.5) is 22.9 Å². The summed E-state index contributed by atoms with van der Waals surface area (Å²) >= 11 is 0. The van der Waals surface area contributed by atoms with E-state index in [4.69, 9.17) is 0 Å². The van der Waals surface area contributed by atoms with Crippen molar-refractivity contribution in [2.24, 2.45) is 10.2 Å². The Morgan fingerprint density at radius 2 is 2.00 bits per heavy atom. The quantitative estimate of drug-likeness (QED) is 0.679. The van der Waals surface area contributed by atoms with Crippen LogP contribution in [0.3, 0.4) is 0 Å². The SMILES string of the molecule is CC[n+]1ccccc1N=Nc1ccc(N(C)C)cc1NC(C)=O. The summed E-state index contributed by atoms with van der Waals surface area (Å²) in [6.45, 7) is 4.34. The molecule has 1 aromatic carbocycles. The lowest BCUT2D eigenvalue weighted by Gasteiger charge is -2.14. The maximum absolute atomic E-state index is 11.4. The van der Waals surface area contributed by atoms with Gasteiger partial charge < -0.3 is 10.2 Å². The molecule has 0 saturated heterocycles. The highest BCUT2D eigenvalue weighted by Gasteiger charge is 2.10. The summed E-state index contributed by atoms with van der Waals surface area (Å²) < 4.78 is 2.00. The van der Waals surface area contributed by atoms with Gasteiger partial charge in [-0.25, -0.2) is 4.57 Å². The molecule has 23 heavy (non-hydrogen) atoms. The number of hydrogen-bond acceptors (Lipinski definition) is 4. The van der Waals surface area contributed by atoms with Crippen molar-refractivity contribution >= 4 is 28.8 Å². The molecule has 0 aliphatic carbocycles. The highest BCUT2D eigenvalue weighted by atomic mass is 16.1. The summed E-state index contributed by atoms with van der Waals surface area (Å²) in [6, 6.07) is 11.5. The normalized spacial score (nSPS) is 10.8. The molecule has 1 amide bonds. The zero-order valence-corrected chi connectivity index (χ0v) is 13.9. The lowest BCUT2D eigenvalue weighted by molar-refractivity contribution is -0.681. The Balaban J connectivity index is 2.38. The molecule has 1 aromatic heterocycles. The summed E-state index contributed by atoms with van der Waals surface area (Å²) in [5.74, 6) is 0.626. The molecule has 0 aliphatic rings. The maximum Gasteiger partial charge on any atom is 0.350 e. The van der Waals surface area contributed by atoms with Crippen molar-refractivity contribution < 1.29 is 9.36 Å². The van der Waals surface area contributed by atoms with Gasteiger partial charge in [0.15, 0.2) is 0 Å². The first-order valence-corrected chi connectivity index (χ1v) is 7.50. The number of rotatable bonds is 5. The number of aryl methyl sites for hydroxylation is 1. The van der Waals surface area contributed by atoms with Crippen LogP contribution in [-0.2, 0) is 11.3 Å². The molecule has 0 radical (unpaired) electrons. The molecule has 0 fully saturated rings. The van der Waals surface area contributed by atoms with Crippen molar-refractivity contribution in [3.63, 3.8) is 0 Å². The first-order chi connectivity index (χ1) is 11.0. The van der Waals surface area contributed by atoms with E-state index in [1.54, 1.807) is 0 Å². The van der Waals surface area contributed by atoms with Gasteiger partial charge in [0.05, 0.1) is 23.5 Å². The Labute approximate surface area is 136 Å². The largest absolute Gasteiger partial charge is 0.378 e. The van der Waals surface area contributed by atoms with Gasteiger partial charge in [-0.05, 0) is 36.3 Å². The average Bonchev–Trinajstić information content (AvgIpc) is 2.53. The standard InChI is InChI=1S/C17H21N5O/c1-5-22-11-7-6-8-17(22)20-19-15-10-9-14(21(3)4)12-16(15)18-13(2)23/h6-12H,5H2,1-4H3/p+1. The van der Waals surface area contributed by atoms with Crippen molar-refractivity contribution in [1.82, 2.24) is 0 Å². The molecule has 0 atom stereocenters. The number of nitrogens with one attached hydrogen (secondary N) is 1. The molecule has 2 rings (SSSR count). The zero-order valence-electron chi connectivity index (χ0n) is 13.9. The van der Waals surface area contributed by atoms with E-state index in [9.17, 15) is 4.79 Å². The fourth-order valence-electron chi connectivity index (χ4n) is 2.11. The first-order valence-electron chi connectivity index (χ1n) is 7.50. The Kier molecular flexibility index (Phi) is 5.41. The average molecular weight is 312 g/mol. The van der Waals surface area contributed by atoms with Gasteiger partial charge in [-0.3, -0.25) is 4.79 Å². The van der Waals surface area contributed by atoms with Gasteiger partial charge in [0.1, 0.15) is 5.69 Å². The van der Waals surface area contributed by atoms with E-state index >= 15 is 0 Å². The molecule has 6 nitrogen and oxygen atoms in total. The third-order valence-electron chi connectivity index (χ3n) is 3.32. The predicted octanol–water partition coefficient (Wildman–Crippen LogP) is 3.43. The van der Waals surface area contributed by atoms with Gasteiger partial charge in [0.2, 0.25) is 5.91 Å². The van der Waals surface area contributed by atoms with Gasteiger partial charge in [0.25, 0.3) is 0 Å². The van der Waals surface area contributed by atoms with Gasteiger partial charge >= 0.3 is 5.82 Å². The monoisotopic (exact) mass is 312 g/mol. The summed E-state index contributed by atoms with van der Waals surface area (Å²) in [5.41, 5.74) is 2.25. The molecule has 2 aromatic rings. The van der Waals surface area contributed by atoms with Gasteiger partial charge in [-0.2, -0.15) is 0 Å². The van der Waals surface area contributed by atoms with Gasteiger partial charge in [-0.15, -0.1) is 0 Å². The number of hydrogen-bond donors (Lipinski definition) is 1. The van der Waals surface area contributed by atoms with Crippen LogP contribution in [0, 0.1) is 0 Å². The van der Waals surface area contributed by atoms with Crippen molar-refractivity contribution in [3.05, 3.63) is 42.6 Å². The Bertz CT molecular complexity index is 725. The van der Waals surface area contributed by atoms with Crippen LogP contribution in [0.5, 0.6) is 0 Å². The van der Waals surface area contributed by atoms with Crippen LogP contribution in [-0.4, -0.2) is 20.0 Å². The molecule has 6 heteroatoms. The van der Waals surface area contributed by atoms with E-state index in [0.717, 1.165) is 18.1 Å². The van der Waals surface area contributed by atoms with Gasteiger partial charge in [-0.1, -0.05) is 6.07 Å². The molecule has 0 spiro atoms. The number of pyridine rings is 1. The molecule has 0 saturated carbocycles. The van der Waals surface area contributed by atoms with E-state index in [2.05, 4.69) is 15.5 Å². The van der Waals surface area contributed by atoms with Crippen LogP contribution >= 0.6 is 0 Å².